The standard InChI is InChI=1S/C11H8O2/c1-2-3-4-5-6-7-8-9-10-11(12)13/h1,8-9H,3,10H2,(H,12,13)/b9-8+. The number of hydrogen-bond acceptors (Lipinski definition) is 1. The Labute approximate surface area is 77.7 Å². The average molecular weight is 172 g/mol. The van der Waals surface area contributed by atoms with Gasteiger partial charge >= 0.3 is 5.97 Å². The summed E-state index contributed by atoms with van der Waals surface area (Å²) in [4.78, 5) is 10.0. The van der Waals surface area contributed by atoms with Crippen molar-refractivity contribution in [3.63, 3.8) is 0 Å². The lowest BCUT2D eigenvalue weighted by Crippen LogP contribution is -1.89. The third kappa shape index (κ3) is 9.89. The fourth-order valence-electron chi connectivity index (χ4n) is 0.436. The average Bonchev–Trinajstić information content (AvgIpc) is 2.09. The fraction of sp³-hybridized carbons (Fsp3) is 0.182. The molecule has 0 spiro atoms. The van der Waals surface area contributed by atoms with E-state index in [2.05, 4.69) is 29.6 Å². The predicted molar refractivity (Wildman–Crippen MR) is 50.4 cm³/mol. The third-order valence-electron chi connectivity index (χ3n) is 0.907. The number of carboxylic acid groups (broad SMARTS) is 1. The molecule has 0 aromatic heterocycles. The summed E-state index contributed by atoms with van der Waals surface area (Å²) in [5.41, 5.74) is 0. The first-order valence-corrected chi connectivity index (χ1v) is 3.56. The van der Waals surface area contributed by atoms with Crippen molar-refractivity contribution in [2.75, 3.05) is 0 Å². The Balaban J connectivity index is 3.76. The second kappa shape index (κ2) is 7.99. The molecule has 0 fully saturated rings. The second-order valence-corrected chi connectivity index (χ2v) is 1.95. The summed E-state index contributed by atoms with van der Waals surface area (Å²) >= 11 is 0. The van der Waals surface area contributed by atoms with E-state index in [-0.39, 0.29) is 6.42 Å². The summed E-state index contributed by atoms with van der Waals surface area (Å²) < 4.78 is 0. The summed E-state index contributed by atoms with van der Waals surface area (Å²) in [6.45, 7) is 0. The van der Waals surface area contributed by atoms with Crippen LogP contribution in [0.2, 0.25) is 0 Å². The number of aliphatic carboxylic acids is 1. The maximum absolute atomic E-state index is 10.0. The van der Waals surface area contributed by atoms with Crippen molar-refractivity contribution in [1.29, 1.82) is 0 Å². The van der Waals surface area contributed by atoms with E-state index in [1.807, 2.05) is 0 Å². The predicted octanol–water partition coefficient (Wildman–Crippen LogP) is 1.05. The first kappa shape index (κ1) is 10.9. The molecule has 0 heterocycles. The zero-order valence-corrected chi connectivity index (χ0v) is 7.00. The van der Waals surface area contributed by atoms with Crippen LogP contribution in [0, 0.1) is 36.0 Å². The van der Waals surface area contributed by atoms with Gasteiger partial charge < -0.3 is 5.11 Å². The van der Waals surface area contributed by atoms with E-state index in [9.17, 15) is 4.79 Å². The van der Waals surface area contributed by atoms with Gasteiger partial charge in [-0.3, -0.25) is 4.79 Å². The van der Waals surface area contributed by atoms with Gasteiger partial charge in [-0.1, -0.05) is 23.8 Å². The van der Waals surface area contributed by atoms with Gasteiger partial charge in [-0.2, -0.15) is 0 Å². The summed E-state index contributed by atoms with van der Waals surface area (Å²) in [6, 6.07) is 0. The molecule has 2 heteroatoms. The van der Waals surface area contributed by atoms with Crippen LogP contribution in [-0.4, -0.2) is 11.1 Å². The Morgan fingerprint density at radius 3 is 2.85 bits per heavy atom. The van der Waals surface area contributed by atoms with Crippen LogP contribution in [0.1, 0.15) is 12.8 Å². The number of terminal acetylenes is 1. The Bertz CT molecular complexity index is 348. The maximum atomic E-state index is 10.0. The summed E-state index contributed by atoms with van der Waals surface area (Å²) in [7, 11) is 0. The van der Waals surface area contributed by atoms with Crippen LogP contribution in [0.25, 0.3) is 0 Å². The molecule has 0 aromatic carbocycles. The lowest BCUT2D eigenvalue weighted by molar-refractivity contribution is -0.135. The van der Waals surface area contributed by atoms with E-state index < -0.39 is 5.97 Å². The van der Waals surface area contributed by atoms with Crippen LogP contribution in [0.5, 0.6) is 0 Å². The lowest BCUT2D eigenvalue weighted by atomic mass is 10.4. The molecule has 0 aromatic rings. The molecular formula is C11H8O2. The van der Waals surface area contributed by atoms with E-state index in [0.29, 0.717) is 6.42 Å². The minimum atomic E-state index is -0.878. The van der Waals surface area contributed by atoms with Crippen LogP contribution >= 0.6 is 0 Å². The molecule has 0 saturated carbocycles. The molecule has 0 aliphatic carbocycles. The number of allylic oxidation sites excluding steroid dienone is 1. The Morgan fingerprint density at radius 1 is 1.46 bits per heavy atom. The molecule has 1 N–H and O–H groups in total. The molecular weight excluding hydrogens is 164 g/mol. The van der Waals surface area contributed by atoms with Gasteiger partial charge in [0.2, 0.25) is 0 Å². The van der Waals surface area contributed by atoms with Crippen molar-refractivity contribution in [2.24, 2.45) is 0 Å². The monoisotopic (exact) mass is 172 g/mol. The molecule has 0 rings (SSSR count). The van der Waals surface area contributed by atoms with Crippen LogP contribution in [0.15, 0.2) is 12.2 Å². The minimum absolute atomic E-state index is 0.0214. The Morgan fingerprint density at radius 2 is 2.23 bits per heavy atom. The van der Waals surface area contributed by atoms with E-state index in [0.717, 1.165) is 0 Å². The van der Waals surface area contributed by atoms with Gasteiger partial charge in [0, 0.05) is 0 Å². The van der Waals surface area contributed by atoms with Gasteiger partial charge in [-0.25, -0.2) is 0 Å². The van der Waals surface area contributed by atoms with Gasteiger partial charge in [0.05, 0.1) is 12.8 Å². The second-order valence-electron chi connectivity index (χ2n) is 1.95. The molecule has 64 valence electrons. The van der Waals surface area contributed by atoms with Crippen LogP contribution in [-0.2, 0) is 4.79 Å². The molecule has 0 atom stereocenters. The number of carbonyl (C=O) groups is 1. The van der Waals surface area contributed by atoms with Crippen molar-refractivity contribution in [3.05, 3.63) is 12.2 Å². The van der Waals surface area contributed by atoms with Crippen LogP contribution in [0.3, 0.4) is 0 Å². The van der Waals surface area contributed by atoms with Crippen molar-refractivity contribution in [1.82, 2.24) is 0 Å². The molecule has 0 amide bonds. The fourth-order valence-corrected chi connectivity index (χ4v) is 0.436. The van der Waals surface area contributed by atoms with E-state index >= 15 is 0 Å². The zero-order chi connectivity index (χ0) is 9.94. The normalized spacial score (nSPS) is 7.62. The van der Waals surface area contributed by atoms with Gasteiger partial charge in [-0.15, -0.1) is 6.42 Å². The molecule has 0 aliphatic heterocycles. The van der Waals surface area contributed by atoms with Crippen molar-refractivity contribution in [2.45, 2.75) is 12.8 Å². The van der Waals surface area contributed by atoms with Crippen molar-refractivity contribution >= 4 is 5.97 Å². The zero-order valence-electron chi connectivity index (χ0n) is 7.00. The SMILES string of the molecule is C#CCC#CC#C/C=C/CC(=O)O. The van der Waals surface area contributed by atoms with Crippen molar-refractivity contribution < 1.29 is 9.90 Å². The van der Waals surface area contributed by atoms with Gasteiger partial charge in [0.1, 0.15) is 0 Å². The molecule has 2 nitrogen and oxygen atoms in total. The molecule has 0 saturated heterocycles. The minimum Gasteiger partial charge on any atom is -0.481 e. The van der Waals surface area contributed by atoms with Crippen LogP contribution < -0.4 is 0 Å². The Hall–Kier alpha value is -2.11. The molecule has 0 unspecified atom stereocenters. The van der Waals surface area contributed by atoms with E-state index in [1.54, 1.807) is 0 Å². The first-order chi connectivity index (χ1) is 6.27. The highest BCUT2D eigenvalue weighted by Crippen LogP contribution is 1.80. The maximum Gasteiger partial charge on any atom is 0.307 e. The smallest absolute Gasteiger partial charge is 0.307 e. The summed E-state index contributed by atoms with van der Waals surface area (Å²) in [5, 5.41) is 8.24. The van der Waals surface area contributed by atoms with E-state index in [4.69, 9.17) is 11.5 Å². The van der Waals surface area contributed by atoms with Crippen molar-refractivity contribution in [3.8, 4) is 36.0 Å². The molecule has 0 aliphatic rings. The lowest BCUT2D eigenvalue weighted by Gasteiger charge is -1.77. The largest absolute Gasteiger partial charge is 0.481 e. The first-order valence-electron chi connectivity index (χ1n) is 3.56. The van der Waals surface area contributed by atoms with Crippen LogP contribution in [0.4, 0.5) is 0 Å². The Kier molecular flexibility index (Phi) is 6.69. The van der Waals surface area contributed by atoms with E-state index in [1.165, 1.54) is 12.2 Å². The highest BCUT2D eigenvalue weighted by molar-refractivity contribution is 5.68. The number of rotatable bonds is 2. The molecule has 0 radical (unpaired) electrons. The molecule has 13 heavy (non-hydrogen) atoms. The topological polar surface area (TPSA) is 37.3 Å². The summed E-state index contributed by atoms with van der Waals surface area (Å²) in [5.74, 6) is 11.7. The summed E-state index contributed by atoms with van der Waals surface area (Å²) in [6.07, 6.45) is 8.22. The third-order valence-corrected chi connectivity index (χ3v) is 0.907. The highest BCUT2D eigenvalue weighted by Gasteiger charge is 1.86. The van der Waals surface area contributed by atoms with Gasteiger partial charge in [0.15, 0.2) is 0 Å². The van der Waals surface area contributed by atoms with Gasteiger partial charge in [-0.05, 0) is 17.9 Å². The quantitative estimate of drug-likeness (QED) is 0.632. The molecule has 0 bridgehead atoms. The number of hydrogen-bond donors (Lipinski definition) is 1. The number of carboxylic acids is 1. The highest BCUT2D eigenvalue weighted by atomic mass is 16.4. The van der Waals surface area contributed by atoms with Gasteiger partial charge in [0.25, 0.3) is 0 Å².